The average molecular weight is 264 g/mol. The minimum Gasteiger partial charge on any atom is -0.302 e. The van der Waals surface area contributed by atoms with Crippen molar-refractivity contribution < 1.29 is 0 Å². The van der Waals surface area contributed by atoms with Crippen LogP contribution in [0.4, 0.5) is 0 Å². The van der Waals surface area contributed by atoms with Crippen LogP contribution in [0.25, 0.3) is 0 Å². The second-order valence-electron chi connectivity index (χ2n) is 4.42. The number of rotatable bonds is 5. The fourth-order valence-corrected chi connectivity index (χ4v) is 2.27. The predicted molar refractivity (Wildman–Crippen MR) is 74.6 cm³/mol. The molecule has 3 nitrogen and oxygen atoms in total. The fraction of sp³-hybridized carbons (Fsp3) is 0.357. The highest BCUT2D eigenvalue weighted by atomic mass is 35.5. The molecule has 18 heavy (non-hydrogen) atoms. The number of nitrogens with one attached hydrogen (secondary N) is 2. The van der Waals surface area contributed by atoms with Crippen molar-refractivity contribution in [1.82, 2.24) is 15.5 Å². The van der Waals surface area contributed by atoms with Crippen molar-refractivity contribution in [1.29, 1.82) is 0 Å². The highest BCUT2D eigenvalue weighted by molar-refractivity contribution is 6.30. The topological polar surface area (TPSA) is 40.7 Å². The van der Waals surface area contributed by atoms with Gasteiger partial charge in [-0.3, -0.25) is 5.10 Å². The van der Waals surface area contributed by atoms with E-state index in [1.54, 1.807) is 6.20 Å². The predicted octanol–water partition coefficient (Wildman–Crippen LogP) is 3.87. The van der Waals surface area contributed by atoms with Crippen LogP contribution < -0.4 is 5.32 Å². The molecular weight excluding hydrogens is 246 g/mol. The zero-order chi connectivity index (χ0) is 13.0. The maximum absolute atomic E-state index is 6.04. The van der Waals surface area contributed by atoms with Crippen molar-refractivity contribution in [2.75, 3.05) is 0 Å². The van der Waals surface area contributed by atoms with E-state index in [0.29, 0.717) is 6.04 Å². The molecule has 0 aliphatic heterocycles. The second-order valence-corrected chi connectivity index (χ2v) is 4.85. The van der Waals surface area contributed by atoms with E-state index in [-0.39, 0.29) is 6.04 Å². The summed E-state index contributed by atoms with van der Waals surface area (Å²) in [7, 11) is 0. The molecule has 2 rings (SSSR count). The maximum Gasteiger partial charge on any atom is 0.0518 e. The Kier molecular flexibility index (Phi) is 4.39. The highest BCUT2D eigenvalue weighted by Gasteiger charge is 2.14. The number of aromatic nitrogens is 2. The first-order chi connectivity index (χ1) is 8.70. The van der Waals surface area contributed by atoms with Gasteiger partial charge < -0.3 is 5.32 Å². The van der Waals surface area contributed by atoms with E-state index in [2.05, 4.69) is 35.4 Å². The van der Waals surface area contributed by atoms with Crippen LogP contribution in [-0.2, 0) is 0 Å². The Balaban J connectivity index is 2.10. The number of H-pyrrole nitrogens is 1. The normalized spacial score (nSPS) is 14.4. The van der Waals surface area contributed by atoms with E-state index in [1.165, 1.54) is 5.56 Å². The van der Waals surface area contributed by atoms with Crippen LogP contribution in [0.3, 0.4) is 0 Å². The van der Waals surface area contributed by atoms with Crippen molar-refractivity contribution in [2.45, 2.75) is 32.4 Å². The standard InChI is InChI=1S/C14H18ClN3/c1-3-13(11-5-4-6-12(15)9-11)17-10(2)14-7-8-16-18-14/h4-10,13,17H,3H2,1-2H3,(H,16,18). The van der Waals surface area contributed by atoms with E-state index in [1.807, 2.05) is 24.3 Å². The van der Waals surface area contributed by atoms with Crippen LogP contribution in [0.5, 0.6) is 0 Å². The van der Waals surface area contributed by atoms with Gasteiger partial charge in [0.25, 0.3) is 0 Å². The molecule has 1 heterocycles. The first kappa shape index (κ1) is 13.1. The molecular formula is C14H18ClN3. The van der Waals surface area contributed by atoms with Gasteiger partial charge >= 0.3 is 0 Å². The summed E-state index contributed by atoms with van der Waals surface area (Å²) in [6, 6.07) is 10.5. The molecule has 0 saturated carbocycles. The minimum atomic E-state index is 0.233. The molecule has 0 fully saturated rings. The zero-order valence-corrected chi connectivity index (χ0v) is 11.4. The Morgan fingerprint density at radius 3 is 2.83 bits per heavy atom. The lowest BCUT2D eigenvalue weighted by Crippen LogP contribution is -2.24. The maximum atomic E-state index is 6.04. The van der Waals surface area contributed by atoms with Gasteiger partial charge in [-0.1, -0.05) is 30.7 Å². The molecule has 0 radical (unpaired) electrons. The van der Waals surface area contributed by atoms with E-state index in [4.69, 9.17) is 11.6 Å². The Labute approximate surface area is 113 Å². The summed E-state index contributed by atoms with van der Waals surface area (Å²) in [5, 5.41) is 11.3. The van der Waals surface area contributed by atoms with Gasteiger partial charge in [0.05, 0.1) is 5.69 Å². The van der Waals surface area contributed by atoms with E-state index < -0.39 is 0 Å². The fourth-order valence-electron chi connectivity index (χ4n) is 2.07. The van der Waals surface area contributed by atoms with E-state index >= 15 is 0 Å². The third-order valence-corrected chi connectivity index (χ3v) is 3.33. The van der Waals surface area contributed by atoms with Gasteiger partial charge in [0.15, 0.2) is 0 Å². The van der Waals surface area contributed by atoms with Crippen LogP contribution in [0, 0.1) is 0 Å². The molecule has 2 atom stereocenters. The molecule has 2 unspecified atom stereocenters. The summed E-state index contributed by atoms with van der Waals surface area (Å²) in [6.07, 6.45) is 2.78. The highest BCUT2D eigenvalue weighted by Crippen LogP contribution is 2.23. The minimum absolute atomic E-state index is 0.233. The van der Waals surface area contributed by atoms with E-state index in [0.717, 1.165) is 17.1 Å². The molecule has 1 aromatic carbocycles. The van der Waals surface area contributed by atoms with E-state index in [9.17, 15) is 0 Å². The van der Waals surface area contributed by atoms with Gasteiger partial charge in [-0.25, -0.2) is 0 Å². The molecule has 0 saturated heterocycles. The first-order valence-corrected chi connectivity index (χ1v) is 6.59. The van der Waals surface area contributed by atoms with Gasteiger partial charge in [-0.2, -0.15) is 5.10 Å². The Morgan fingerprint density at radius 2 is 2.22 bits per heavy atom. The number of aromatic amines is 1. The Bertz CT molecular complexity index is 482. The molecule has 0 spiro atoms. The van der Waals surface area contributed by atoms with Crippen LogP contribution in [0.1, 0.15) is 43.6 Å². The average Bonchev–Trinajstić information content (AvgIpc) is 2.89. The summed E-state index contributed by atoms with van der Waals surface area (Å²) < 4.78 is 0. The molecule has 2 aromatic rings. The number of hydrogen-bond donors (Lipinski definition) is 2. The number of halogens is 1. The van der Waals surface area contributed by atoms with Crippen molar-refractivity contribution in [3.05, 3.63) is 52.8 Å². The van der Waals surface area contributed by atoms with Crippen LogP contribution in [0.15, 0.2) is 36.5 Å². The van der Waals surface area contributed by atoms with Gasteiger partial charge in [-0.05, 0) is 37.1 Å². The third kappa shape index (κ3) is 3.12. The summed E-state index contributed by atoms with van der Waals surface area (Å²) in [5.74, 6) is 0. The van der Waals surface area contributed by atoms with Gasteiger partial charge in [0, 0.05) is 23.3 Å². The molecule has 0 aliphatic carbocycles. The molecule has 2 N–H and O–H groups in total. The quantitative estimate of drug-likeness (QED) is 0.860. The number of benzene rings is 1. The molecule has 0 bridgehead atoms. The lowest BCUT2D eigenvalue weighted by Gasteiger charge is -2.22. The lowest BCUT2D eigenvalue weighted by molar-refractivity contribution is 0.449. The van der Waals surface area contributed by atoms with Crippen molar-refractivity contribution >= 4 is 11.6 Å². The number of hydrogen-bond acceptors (Lipinski definition) is 2. The summed E-state index contributed by atoms with van der Waals surface area (Å²) in [5.41, 5.74) is 2.31. The monoisotopic (exact) mass is 263 g/mol. The smallest absolute Gasteiger partial charge is 0.0518 e. The van der Waals surface area contributed by atoms with Gasteiger partial charge in [0.1, 0.15) is 0 Å². The van der Waals surface area contributed by atoms with Crippen LogP contribution in [0.2, 0.25) is 5.02 Å². The summed E-state index contributed by atoms with van der Waals surface area (Å²) in [6.45, 7) is 4.29. The molecule has 4 heteroatoms. The van der Waals surface area contributed by atoms with Gasteiger partial charge in [-0.15, -0.1) is 0 Å². The van der Waals surface area contributed by atoms with Crippen molar-refractivity contribution in [3.63, 3.8) is 0 Å². The molecule has 1 aromatic heterocycles. The Morgan fingerprint density at radius 1 is 1.39 bits per heavy atom. The third-order valence-electron chi connectivity index (χ3n) is 3.10. The molecule has 0 amide bonds. The van der Waals surface area contributed by atoms with Gasteiger partial charge in [0.2, 0.25) is 0 Å². The first-order valence-electron chi connectivity index (χ1n) is 6.21. The zero-order valence-electron chi connectivity index (χ0n) is 10.7. The Hall–Kier alpha value is -1.32. The lowest BCUT2D eigenvalue weighted by atomic mass is 10.0. The summed E-state index contributed by atoms with van der Waals surface area (Å²) in [4.78, 5) is 0. The van der Waals surface area contributed by atoms with Crippen molar-refractivity contribution in [3.8, 4) is 0 Å². The summed E-state index contributed by atoms with van der Waals surface area (Å²) >= 11 is 6.04. The largest absolute Gasteiger partial charge is 0.302 e. The van der Waals surface area contributed by atoms with Crippen LogP contribution in [-0.4, -0.2) is 10.2 Å². The van der Waals surface area contributed by atoms with Crippen LogP contribution >= 0.6 is 11.6 Å². The number of nitrogens with zero attached hydrogens (tertiary/aromatic N) is 1. The SMILES string of the molecule is CCC(NC(C)c1ccn[nH]1)c1cccc(Cl)c1. The second kappa shape index (κ2) is 6.03. The van der Waals surface area contributed by atoms with Crippen molar-refractivity contribution in [2.24, 2.45) is 0 Å². The molecule has 96 valence electrons. The molecule has 0 aliphatic rings.